The molecule has 0 bridgehead atoms. The van der Waals surface area contributed by atoms with Crippen LogP contribution in [0.25, 0.3) is 0 Å². The van der Waals surface area contributed by atoms with Gasteiger partial charge in [0.15, 0.2) is 0 Å². The third-order valence-electron chi connectivity index (χ3n) is 3.19. The van der Waals surface area contributed by atoms with Crippen molar-refractivity contribution in [1.29, 1.82) is 5.26 Å². The molecule has 3 nitrogen and oxygen atoms in total. The lowest BCUT2D eigenvalue weighted by Gasteiger charge is -2.16. The number of unbranched alkanes of at least 4 members (excludes halogenated alkanes) is 1. The molecule has 0 amide bonds. The smallest absolute Gasteiger partial charge is 0.0683 e. The first-order valence-corrected chi connectivity index (χ1v) is 6.60. The van der Waals surface area contributed by atoms with Crippen molar-refractivity contribution in [3.05, 3.63) is 30.1 Å². The van der Waals surface area contributed by atoms with Crippen LogP contribution in [0.4, 0.5) is 0 Å². The van der Waals surface area contributed by atoms with E-state index in [-0.39, 0.29) is 5.41 Å². The number of hydrogen-bond donors (Lipinski definition) is 1. The predicted octanol–water partition coefficient (Wildman–Crippen LogP) is 3.45. The molecule has 0 fully saturated rings. The molecule has 1 rings (SSSR count). The van der Waals surface area contributed by atoms with Crippen molar-refractivity contribution in [2.45, 2.75) is 46.1 Å². The summed E-state index contributed by atoms with van der Waals surface area (Å²) in [5, 5.41) is 12.4. The normalized spacial score (nSPS) is 13.0. The van der Waals surface area contributed by atoms with Crippen LogP contribution in [0.3, 0.4) is 0 Å². The van der Waals surface area contributed by atoms with E-state index in [2.05, 4.69) is 23.3 Å². The number of rotatable bonds is 7. The quantitative estimate of drug-likeness (QED) is 0.748. The minimum Gasteiger partial charge on any atom is -0.310 e. The van der Waals surface area contributed by atoms with Crippen LogP contribution >= 0.6 is 0 Å². The molecular weight excluding hydrogens is 222 g/mol. The number of nitriles is 1. The van der Waals surface area contributed by atoms with Crippen LogP contribution in [0.15, 0.2) is 24.5 Å². The van der Waals surface area contributed by atoms with E-state index in [0.717, 1.165) is 25.8 Å². The topological polar surface area (TPSA) is 48.7 Å². The molecule has 0 aliphatic heterocycles. The van der Waals surface area contributed by atoms with E-state index >= 15 is 0 Å². The molecule has 0 radical (unpaired) electrons. The standard InChI is InChI=1S/C15H23N3/c1-13(14-6-10-17-11-7-14)18-9-5-4-8-15(2,3)12-16/h6-7,10-11,13,18H,4-5,8-9H2,1-3H3/t13-/m0/s1. The zero-order valence-electron chi connectivity index (χ0n) is 11.6. The third-order valence-corrected chi connectivity index (χ3v) is 3.19. The van der Waals surface area contributed by atoms with Crippen molar-refractivity contribution in [2.75, 3.05) is 6.54 Å². The Kier molecular flexibility index (Phi) is 5.80. The molecule has 98 valence electrons. The molecule has 0 unspecified atom stereocenters. The summed E-state index contributed by atoms with van der Waals surface area (Å²) >= 11 is 0. The van der Waals surface area contributed by atoms with Gasteiger partial charge in [0.25, 0.3) is 0 Å². The van der Waals surface area contributed by atoms with Gasteiger partial charge in [-0.3, -0.25) is 4.98 Å². The van der Waals surface area contributed by atoms with Gasteiger partial charge in [-0.25, -0.2) is 0 Å². The second-order valence-electron chi connectivity index (χ2n) is 5.41. The Labute approximate surface area is 110 Å². The second kappa shape index (κ2) is 7.13. The van der Waals surface area contributed by atoms with E-state index in [1.165, 1.54) is 5.56 Å². The highest BCUT2D eigenvalue weighted by Crippen LogP contribution is 2.21. The van der Waals surface area contributed by atoms with Crippen molar-refractivity contribution in [1.82, 2.24) is 10.3 Å². The fourth-order valence-electron chi connectivity index (χ4n) is 1.84. The minimum atomic E-state index is -0.184. The minimum absolute atomic E-state index is 0.184. The first-order chi connectivity index (χ1) is 8.55. The number of nitrogens with one attached hydrogen (secondary N) is 1. The molecule has 3 heteroatoms. The van der Waals surface area contributed by atoms with Gasteiger partial charge in [-0.15, -0.1) is 0 Å². The van der Waals surface area contributed by atoms with Gasteiger partial charge >= 0.3 is 0 Å². The maximum atomic E-state index is 8.92. The monoisotopic (exact) mass is 245 g/mol. The van der Waals surface area contributed by atoms with Gasteiger partial charge in [-0.05, 0) is 57.9 Å². The molecular formula is C15H23N3. The van der Waals surface area contributed by atoms with E-state index in [9.17, 15) is 0 Å². The van der Waals surface area contributed by atoms with Crippen molar-refractivity contribution in [3.8, 4) is 6.07 Å². The highest BCUT2D eigenvalue weighted by molar-refractivity contribution is 5.13. The SMILES string of the molecule is C[C@H](NCCCCC(C)(C)C#N)c1ccncc1. The van der Waals surface area contributed by atoms with Gasteiger partial charge < -0.3 is 5.32 Å². The third kappa shape index (κ3) is 5.29. The van der Waals surface area contributed by atoms with Crippen molar-refractivity contribution in [2.24, 2.45) is 5.41 Å². The Morgan fingerprint density at radius 3 is 2.61 bits per heavy atom. The van der Waals surface area contributed by atoms with Crippen molar-refractivity contribution < 1.29 is 0 Å². The average Bonchev–Trinajstić information content (AvgIpc) is 2.39. The Hall–Kier alpha value is -1.40. The first kappa shape index (κ1) is 14.7. The summed E-state index contributed by atoms with van der Waals surface area (Å²) in [6.07, 6.45) is 6.82. The summed E-state index contributed by atoms with van der Waals surface area (Å²) in [5.41, 5.74) is 1.08. The molecule has 0 spiro atoms. The zero-order valence-corrected chi connectivity index (χ0v) is 11.6. The van der Waals surface area contributed by atoms with Crippen LogP contribution in [0, 0.1) is 16.7 Å². The van der Waals surface area contributed by atoms with Gasteiger partial charge in [-0.2, -0.15) is 5.26 Å². The van der Waals surface area contributed by atoms with Gasteiger partial charge in [0.05, 0.1) is 11.5 Å². The molecule has 18 heavy (non-hydrogen) atoms. The van der Waals surface area contributed by atoms with Crippen LogP contribution in [0.1, 0.15) is 51.6 Å². The highest BCUT2D eigenvalue weighted by Gasteiger charge is 2.15. The summed E-state index contributed by atoms with van der Waals surface area (Å²) in [4.78, 5) is 4.02. The van der Waals surface area contributed by atoms with Gasteiger partial charge in [-0.1, -0.05) is 6.42 Å². The molecule has 1 aromatic heterocycles. The fraction of sp³-hybridized carbons (Fsp3) is 0.600. The number of nitrogens with zero attached hydrogens (tertiary/aromatic N) is 2. The van der Waals surface area contributed by atoms with Crippen LogP contribution in [0.2, 0.25) is 0 Å². The summed E-state index contributed by atoms with van der Waals surface area (Å²) in [6.45, 7) is 7.15. The Bertz CT molecular complexity index is 378. The maximum absolute atomic E-state index is 8.92. The van der Waals surface area contributed by atoms with Gasteiger partial charge in [0, 0.05) is 18.4 Å². The van der Waals surface area contributed by atoms with E-state index in [1.807, 2.05) is 38.4 Å². The molecule has 1 heterocycles. The Morgan fingerprint density at radius 2 is 2.00 bits per heavy atom. The van der Waals surface area contributed by atoms with E-state index < -0.39 is 0 Å². The zero-order chi connectivity index (χ0) is 13.4. The molecule has 1 aromatic rings. The maximum Gasteiger partial charge on any atom is 0.0683 e. The van der Waals surface area contributed by atoms with Crippen LogP contribution in [-0.4, -0.2) is 11.5 Å². The lowest BCUT2D eigenvalue weighted by molar-refractivity contribution is 0.418. The molecule has 0 aliphatic rings. The number of pyridine rings is 1. The molecule has 0 aliphatic carbocycles. The van der Waals surface area contributed by atoms with E-state index in [4.69, 9.17) is 5.26 Å². The Morgan fingerprint density at radius 1 is 1.33 bits per heavy atom. The molecule has 0 saturated carbocycles. The molecule has 1 N–H and O–H groups in total. The predicted molar refractivity (Wildman–Crippen MR) is 73.9 cm³/mol. The summed E-state index contributed by atoms with van der Waals surface area (Å²) < 4.78 is 0. The number of hydrogen-bond acceptors (Lipinski definition) is 3. The van der Waals surface area contributed by atoms with Crippen LogP contribution < -0.4 is 5.32 Å². The van der Waals surface area contributed by atoms with Crippen LogP contribution in [-0.2, 0) is 0 Å². The average molecular weight is 245 g/mol. The summed E-state index contributed by atoms with van der Waals surface area (Å²) in [6, 6.07) is 6.77. The lowest BCUT2D eigenvalue weighted by Crippen LogP contribution is -2.20. The molecule has 0 aromatic carbocycles. The van der Waals surface area contributed by atoms with E-state index in [1.54, 1.807) is 0 Å². The first-order valence-electron chi connectivity index (χ1n) is 6.60. The van der Waals surface area contributed by atoms with Crippen molar-refractivity contribution in [3.63, 3.8) is 0 Å². The summed E-state index contributed by atoms with van der Waals surface area (Å²) in [5.74, 6) is 0. The highest BCUT2D eigenvalue weighted by atomic mass is 14.9. The Balaban J connectivity index is 2.18. The molecule has 1 atom stereocenters. The fourth-order valence-corrected chi connectivity index (χ4v) is 1.84. The largest absolute Gasteiger partial charge is 0.310 e. The second-order valence-corrected chi connectivity index (χ2v) is 5.41. The van der Waals surface area contributed by atoms with Gasteiger partial charge in [0.1, 0.15) is 0 Å². The van der Waals surface area contributed by atoms with Crippen LogP contribution in [0.5, 0.6) is 0 Å². The molecule has 0 saturated heterocycles. The lowest BCUT2D eigenvalue weighted by atomic mass is 9.89. The van der Waals surface area contributed by atoms with Gasteiger partial charge in [0.2, 0.25) is 0 Å². The number of aromatic nitrogens is 1. The van der Waals surface area contributed by atoms with Crippen molar-refractivity contribution >= 4 is 0 Å². The summed E-state index contributed by atoms with van der Waals surface area (Å²) in [7, 11) is 0. The van der Waals surface area contributed by atoms with E-state index in [0.29, 0.717) is 6.04 Å².